The summed E-state index contributed by atoms with van der Waals surface area (Å²) >= 11 is 0. The lowest BCUT2D eigenvalue weighted by molar-refractivity contribution is 0.112. The van der Waals surface area contributed by atoms with E-state index in [0.717, 1.165) is 23.7 Å². The summed E-state index contributed by atoms with van der Waals surface area (Å²) < 4.78 is 0. The minimum absolute atomic E-state index is 1.01. The third-order valence-corrected chi connectivity index (χ3v) is 4.78. The summed E-state index contributed by atoms with van der Waals surface area (Å²) in [4.78, 5) is 0. The molecule has 0 aromatic heterocycles. The van der Waals surface area contributed by atoms with Gasteiger partial charge < -0.3 is 5.73 Å². The van der Waals surface area contributed by atoms with E-state index in [1.54, 1.807) is 12.8 Å². The van der Waals surface area contributed by atoms with Crippen LogP contribution in [0.5, 0.6) is 0 Å². The van der Waals surface area contributed by atoms with Gasteiger partial charge in [-0.15, -0.1) is 0 Å². The summed E-state index contributed by atoms with van der Waals surface area (Å²) in [7, 11) is 1.50. The highest BCUT2D eigenvalue weighted by Crippen LogP contribution is 2.43. The SMILES string of the molecule is CC.CC1CCC(C)C(C2CCCCC2)C1.CN. The first kappa shape index (κ1) is 18.0. The second kappa shape index (κ2) is 10.8. The van der Waals surface area contributed by atoms with Crippen LogP contribution in [0, 0.1) is 23.7 Å². The molecular weight excluding hydrogens is 218 g/mol. The summed E-state index contributed by atoms with van der Waals surface area (Å²) in [5.74, 6) is 4.22. The summed E-state index contributed by atoms with van der Waals surface area (Å²) in [6.45, 7) is 8.97. The molecule has 3 unspecified atom stereocenters. The third kappa shape index (κ3) is 5.73. The molecule has 0 spiro atoms. The molecule has 1 nitrogen and oxygen atoms in total. The quantitative estimate of drug-likeness (QED) is 0.681. The van der Waals surface area contributed by atoms with E-state index in [4.69, 9.17) is 0 Å². The summed E-state index contributed by atoms with van der Waals surface area (Å²) in [6, 6.07) is 0. The minimum atomic E-state index is 1.01. The van der Waals surface area contributed by atoms with Crippen LogP contribution in [0.2, 0.25) is 0 Å². The van der Waals surface area contributed by atoms with Gasteiger partial charge in [-0.2, -0.15) is 0 Å². The first-order valence-electron chi connectivity index (χ1n) is 8.35. The van der Waals surface area contributed by atoms with Gasteiger partial charge in [-0.3, -0.25) is 0 Å². The van der Waals surface area contributed by atoms with Crippen LogP contribution in [0.1, 0.15) is 79.1 Å². The average molecular weight is 255 g/mol. The highest BCUT2D eigenvalue weighted by atomic mass is 14.4. The van der Waals surface area contributed by atoms with Crippen molar-refractivity contribution in [1.82, 2.24) is 0 Å². The predicted octanol–water partition coefficient (Wildman–Crippen LogP) is 5.24. The van der Waals surface area contributed by atoms with Crippen molar-refractivity contribution in [3.63, 3.8) is 0 Å². The van der Waals surface area contributed by atoms with E-state index in [9.17, 15) is 0 Å². The molecular formula is C17H37N. The minimum Gasteiger partial charge on any atom is -0.333 e. The molecule has 18 heavy (non-hydrogen) atoms. The van der Waals surface area contributed by atoms with Gasteiger partial charge in [0, 0.05) is 0 Å². The molecule has 0 saturated heterocycles. The van der Waals surface area contributed by atoms with Crippen molar-refractivity contribution >= 4 is 0 Å². The van der Waals surface area contributed by atoms with Gasteiger partial charge >= 0.3 is 0 Å². The molecule has 0 aliphatic heterocycles. The lowest BCUT2D eigenvalue weighted by atomic mass is 9.66. The maximum Gasteiger partial charge on any atom is -0.0195 e. The molecule has 0 heterocycles. The standard InChI is InChI=1S/C14H26.C2H6.CH5N/c1-11-8-9-12(2)14(10-11)13-6-4-3-5-7-13;2*1-2/h11-14H,3-10H2,1-2H3;1-2H3;2H2,1H3. The van der Waals surface area contributed by atoms with Gasteiger partial charge in [0.05, 0.1) is 0 Å². The summed E-state index contributed by atoms with van der Waals surface area (Å²) in [5.41, 5.74) is 4.50. The van der Waals surface area contributed by atoms with Crippen LogP contribution in [0.4, 0.5) is 0 Å². The molecule has 2 N–H and O–H groups in total. The zero-order valence-corrected chi connectivity index (χ0v) is 13.5. The Hall–Kier alpha value is -0.0400. The normalized spacial score (nSPS) is 32.7. The molecule has 2 fully saturated rings. The monoisotopic (exact) mass is 255 g/mol. The molecule has 2 saturated carbocycles. The van der Waals surface area contributed by atoms with Gasteiger partial charge in [0.2, 0.25) is 0 Å². The van der Waals surface area contributed by atoms with Crippen molar-refractivity contribution < 1.29 is 0 Å². The second-order valence-corrected chi connectivity index (χ2v) is 5.96. The Morgan fingerprint density at radius 2 is 1.33 bits per heavy atom. The smallest absolute Gasteiger partial charge is 0.0195 e. The van der Waals surface area contributed by atoms with Crippen molar-refractivity contribution in [2.45, 2.75) is 79.1 Å². The maximum atomic E-state index is 4.50. The Kier molecular flexibility index (Phi) is 10.8. The highest BCUT2D eigenvalue weighted by Gasteiger charge is 2.32. The van der Waals surface area contributed by atoms with Crippen LogP contribution in [0.15, 0.2) is 0 Å². The Morgan fingerprint density at radius 1 is 0.778 bits per heavy atom. The van der Waals surface area contributed by atoms with Crippen LogP contribution < -0.4 is 5.73 Å². The Bertz CT molecular complexity index is 172. The van der Waals surface area contributed by atoms with E-state index >= 15 is 0 Å². The number of hydrogen-bond donors (Lipinski definition) is 1. The largest absolute Gasteiger partial charge is 0.333 e. The molecule has 0 aromatic carbocycles. The van der Waals surface area contributed by atoms with Gasteiger partial charge in [0.1, 0.15) is 0 Å². The first-order chi connectivity index (χ1) is 8.77. The van der Waals surface area contributed by atoms with E-state index in [-0.39, 0.29) is 0 Å². The van der Waals surface area contributed by atoms with Crippen LogP contribution in [0.25, 0.3) is 0 Å². The van der Waals surface area contributed by atoms with E-state index in [0.29, 0.717) is 0 Å². The molecule has 0 amide bonds. The molecule has 2 aliphatic rings. The third-order valence-electron chi connectivity index (χ3n) is 4.78. The Labute approximate surface area is 116 Å². The number of nitrogens with two attached hydrogens (primary N) is 1. The van der Waals surface area contributed by atoms with Crippen molar-refractivity contribution in [3.8, 4) is 0 Å². The van der Waals surface area contributed by atoms with Crippen molar-refractivity contribution in [1.29, 1.82) is 0 Å². The number of hydrogen-bond acceptors (Lipinski definition) is 1. The van der Waals surface area contributed by atoms with Gasteiger partial charge in [0.25, 0.3) is 0 Å². The lowest BCUT2D eigenvalue weighted by Crippen LogP contribution is -2.29. The maximum absolute atomic E-state index is 4.50. The molecule has 0 bridgehead atoms. The summed E-state index contributed by atoms with van der Waals surface area (Å²) in [6.07, 6.45) is 12.2. The molecule has 0 aromatic rings. The van der Waals surface area contributed by atoms with Crippen molar-refractivity contribution in [2.24, 2.45) is 29.4 Å². The molecule has 3 atom stereocenters. The van der Waals surface area contributed by atoms with Gasteiger partial charge in [0.15, 0.2) is 0 Å². The van der Waals surface area contributed by atoms with E-state index in [1.807, 2.05) is 13.8 Å². The van der Waals surface area contributed by atoms with Crippen molar-refractivity contribution in [3.05, 3.63) is 0 Å². The fourth-order valence-corrected chi connectivity index (χ4v) is 3.80. The highest BCUT2D eigenvalue weighted by molar-refractivity contribution is 4.82. The molecule has 1 heteroatoms. The zero-order valence-electron chi connectivity index (χ0n) is 13.5. The Morgan fingerprint density at radius 3 is 1.89 bits per heavy atom. The lowest BCUT2D eigenvalue weighted by Gasteiger charge is -2.39. The fourth-order valence-electron chi connectivity index (χ4n) is 3.80. The number of rotatable bonds is 1. The zero-order chi connectivity index (χ0) is 14.0. The van der Waals surface area contributed by atoms with Crippen LogP contribution in [0.3, 0.4) is 0 Å². The predicted molar refractivity (Wildman–Crippen MR) is 83.7 cm³/mol. The molecule has 2 rings (SSSR count). The Balaban J connectivity index is 0.000000659. The topological polar surface area (TPSA) is 26.0 Å². The van der Waals surface area contributed by atoms with E-state index < -0.39 is 0 Å². The molecule has 2 aliphatic carbocycles. The molecule has 110 valence electrons. The van der Waals surface area contributed by atoms with Crippen LogP contribution in [-0.4, -0.2) is 7.05 Å². The summed E-state index contributed by atoms with van der Waals surface area (Å²) in [5, 5.41) is 0. The van der Waals surface area contributed by atoms with Gasteiger partial charge in [-0.1, -0.05) is 72.6 Å². The fraction of sp³-hybridized carbons (Fsp3) is 1.00. The van der Waals surface area contributed by atoms with Gasteiger partial charge in [-0.25, -0.2) is 0 Å². The first-order valence-corrected chi connectivity index (χ1v) is 8.35. The van der Waals surface area contributed by atoms with Crippen LogP contribution >= 0.6 is 0 Å². The van der Waals surface area contributed by atoms with E-state index in [1.165, 1.54) is 45.6 Å². The second-order valence-electron chi connectivity index (χ2n) is 5.96. The van der Waals surface area contributed by atoms with Crippen LogP contribution in [-0.2, 0) is 0 Å². The average Bonchev–Trinajstić information content (AvgIpc) is 2.47. The van der Waals surface area contributed by atoms with E-state index in [2.05, 4.69) is 19.6 Å². The van der Waals surface area contributed by atoms with Gasteiger partial charge in [-0.05, 0) is 37.1 Å². The molecule has 0 radical (unpaired) electrons. The van der Waals surface area contributed by atoms with Crippen molar-refractivity contribution in [2.75, 3.05) is 7.05 Å².